The second-order valence-corrected chi connectivity index (χ2v) is 6.72. The number of carbonyl (C=O) groups is 2. The number of piperidine rings is 1. The molecule has 0 aromatic heterocycles. The highest BCUT2D eigenvalue weighted by Crippen LogP contribution is 2.21. The van der Waals surface area contributed by atoms with Gasteiger partial charge in [-0.2, -0.15) is 0 Å². The lowest BCUT2D eigenvalue weighted by Gasteiger charge is -2.32. The van der Waals surface area contributed by atoms with E-state index in [1.807, 2.05) is 37.3 Å². The molecule has 0 unspecified atom stereocenters. The van der Waals surface area contributed by atoms with Crippen LogP contribution in [0.1, 0.15) is 41.7 Å². The minimum Gasteiger partial charge on any atom is -0.349 e. The molecule has 1 heterocycles. The largest absolute Gasteiger partial charge is 0.349 e. The van der Waals surface area contributed by atoms with Crippen LogP contribution in [-0.4, -0.2) is 29.8 Å². The van der Waals surface area contributed by atoms with Crippen molar-refractivity contribution in [1.29, 1.82) is 0 Å². The van der Waals surface area contributed by atoms with Gasteiger partial charge in [0, 0.05) is 24.6 Å². The summed E-state index contributed by atoms with van der Waals surface area (Å²) in [5.41, 5.74) is 1.42. The second kappa shape index (κ2) is 8.13. The van der Waals surface area contributed by atoms with Crippen LogP contribution in [0.15, 0.2) is 54.6 Å². The predicted molar refractivity (Wildman–Crippen MR) is 98.0 cm³/mol. The lowest BCUT2D eigenvalue weighted by Crippen LogP contribution is -2.43. The van der Waals surface area contributed by atoms with E-state index < -0.39 is 5.82 Å². The molecule has 0 radical (unpaired) electrons. The molecule has 0 bridgehead atoms. The summed E-state index contributed by atoms with van der Waals surface area (Å²) in [6, 6.07) is 15.5. The average Bonchev–Trinajstić information content (AvgIpc) is 2.68. The number of carbonyl (C=O) groups excluding carboxylic acids is 2. The van der Waals surface area contributed by atoms with E-state index in [1.165, 1.54) is 18.2 Å². The molecule has 1 aliphatic rings. The first-order valence-corrected chi connectivity index (χ1v) is 8.95. The van der Waals surface area contributed by atoms with Crippen LogP contribution in [0.2, 0.25) is 0 Å². The van der Waals surface area contributed by atoms with Gasteiger partial charge in [0.15, 0.2) is 0 Å². The van der Waals surface area contributed by atoms with Crippen molar-refractivity contribution in [3.8, 4) is 0 Å². The molecule has 1 atom stereocenters. The highest BCUT2D eigenvalue weighted by Gasteiger charge is 2.28. The van der Waals surface area contributed by atoms with E-state index in [-0.39, 0.29) is 23.8 Å². The Bertz CT molecular complexity index is 771. The molecule has 1 saturated heterocycles. The van der Waals surface area contributed by atoms with Gasteiger partial charge in [0.05, 0.1) is 6.04 Å². The summed E-state index contributed by atoms with van der Waals surface area (Å²) in [6.45, 7) is 2.98. The standard InChI is InChI=1S/C21H23FN2O2/c1-15(16-6-3-2-4-7-16)23-20(25)17-10-12-24(13-11-17)21(26)18-8-5-9-19(22)14-18/h2-9,14-15,17H,10-13H2,1H3,(H,23,25)/t15-/m1/s1. The van der Waals surface area contributed by atoms with Gasteiger partial charge in [-0.1, -0.05) is 36.4 Å². The lowest BCUT2D eigenvalue weighted by molar-refractivity contribution is -0.126. The third kappa shape index (κ3) is 4.28. The molecule has 26 heavy (non-hydrogen) atoms. The van der Waals surface area contributed by atoms with Crippen LogP contribution >= 0.6 is 0 Å². The van der Waals surface area contributed by atoms with Crippen LogP contribution in [0.25, 0.3) is 0 Å². The Hall–Kier alpha value is -2.69. The molecular formula is C21H23FN2O2. The summed E-state index contributed by atoms with van der Waals surface area (Å²) >= 11 is 0. The number of rotatable bonds is 4. The van der Waals surface area contributed by atoms with Gasteiger partial charge in [0.2, 0.25) is 5.91 Å². The van der Waals surface area contributed by atoms with Crippen LogP contribution in [-0.2, 0) is 4.79 Å². The molecule has 2 amide bonds. The normalized spacial score (nSPS) is 16.2. The zero-order chi connectivity index (χ0) is 18.5. The van der Waals surface area contributed by atoms with Crippen molar-refractivity contribution < 1.29 is 14.0 Å². The van der Waals surface area contributed by atoms with Gasteiger partial charge in [-0.25, -0.2) is 4.39 Å². The number of halogens is 1. The van der Waals surface area contributed by atoms with Crippen LogP contribution < -0.4 is 5.32 Å². The van der Waals surface area contributed by atoms with E-state index in [2.05, 4.69) is 5.32 Å². The molecule has 1 aliphatic heterocycles. The Kier molecular flexibility index (Phi) is 5.66. The molecule has 136 valence electrons. The average molecular weight is 354 g/mol. The predicted octanol–water partition coefficient (Wildman–Crippen LogP) is 3.56. The first-order valence-electron chi connectivity index (χ1n) is 8.95. The maximum Gasteiger partial charge on any atom is 0.253 e. The maximum atomic E-state index is 13.3. The minimum absolute atomic E-state index is 0.0270. The summed E-state index contributed by atoms with van der Waals surface area (Å²) in [5, 5.41) is 3.06. The Morgan fingerprint density at radius 2 is 1.77 bits per heavy atom. The van der Waals surface area contributed by atoms with Crippen LogP contribution in [0, 0.1) is 11.7 Å². The van der Waals surface area contributed by atoms with Crippen molar-refractivity contribution in [3.05, 3.63) is 71.5 Å². The number of likely N-dealkylation sites (tertiary alicyclic amines) is 1. The van der Waals surface area contributed by atoms with E-state index in [9.17, 15) is 14.0 Å². The molecule has 2 aromatic rings. The first kappa shape index (κ1) is 18.1. The Labute approximate surface area is 153 Å². The Morgan fingerprint density at radius 3 is 2.42 bits per heavy atom. The SMILES string of the molecule is C[C@@H](NC(=O)C1CCN(C(=O)c2cccc(F)c2)CC1)c1ccccc1. The van der Waals surface area contributed by atoms with Gasteiger partial charge in [0.25, 0.3) is 5.91 Å². The number of nitrogens with zero attached hydrogens (tertiary/aromatic N) is 1. The quantitative estimate of drug-likeness (QED) is 0.913. The highest BCUT2D eigenvalue weighted by molar-refractivity contribution is 5.94. The molecule has 0 spiro atoms. The maximum absolute atomic E-state index is 13.3. The lowest BCUT2D eigenvalue weighted by atomic mass is 9.94. The number of benzene rings is 2. The third-order valence-electron chi connectivity index (χ3n) is 4.88. The molecule has 0 aliphatic carbocycles. The highest BCUT2D eigenvalue weighted by atomic mass is 19.1. The molecule has 1 N–H and O–H groups in total. The topological polar surface area (TPSA) is 49.4 Å². The van der Waals surface area contributed by atoms with Gasteiger partial charge in [-0.3, -0.25) is 9.59 Å². The van der Waals surface area contributed by atoms with Crippen molar-refractivity contribution in [2.75, 3.05) is 13.1 Å². The number of hydrogen-bond acceptors (Lipinski definition) is 2. The monoisotopic (exact) mass is 354 g/mol. The Balaban J connectivity index is 1.53. The first-order chi connectivity index (χ1) is 12.5. The van der Waals surface area contributed by atoms with E-state index in [1.54, 1.807) is 11.0 Å². The second-order valence-electron chi connectivity index (χ2n) is 6.72. The fraction of sp³-hybridized carbons (Fsp3) is 0.333. The van der Waals surface area contributed by atoms with Gasteiger partial charge in [-0.05, 0) is 43.5 Å². The summed E-state index contributed by atoms with van der Waals surface area (Å²) < 4.78 is 13.3. The van der Waals surface area contributed by atoms with Crippen molar-refractivity contribution in [2.24, 2.45) is 5.92 Å². The van der Waals surface area contributed by atoms with Gasteiger partial charge >= 0.3 is 0 Å². The molecule has 4 nitrogen and oxygen atoms in total. The van der Waals surface area contributed by atoms with E-state index in [0.29, 0.717) is 31.5 Å². The molecule has 2 aromatic carbocycles. The van der Waals surface area contributed by atoms with Crippen molar-refractivity contribution in [3.63, 3.8) is 0 Å². The zero-order valence-corrected chi connectivity index (χ0v) is 14.8. The summed E-state index contributed by atoms with van der Waals surface area (Å²) in [7, 11) is 0. The number of amides is 2. The minimum atomic E-state index is -0.417. The fourth-order valence-corrected chi connectivity index (χ4v) is 3.31. The van der Waals surface area contributed by atoms with Crippen molar-refractivity contribution >= 4 is 11.8 Å². The smallest absolute Gasteiger partial charge is 0.253 e. The van der Waals surface area contributed by atoms with Crippen LogP contribution in [0.5, 0.6) is 0 Å². The summed E-state index contributed by atoms with van der Waals surface area (Å²) in [4.78, 5) is 26.7. The molecule has 3 rings (SSSR count). The fourth-order valence-electron chi connectivity index (χ4n) is 3.31. The zero-order valence-electron chi connectivity index (χ0n) is 14.8. The van der Waals surface area contributed by atoms with E-state index in [0.717, 1.165) is 5.56 Å². The molecular weight excluding hydrogens is 331 g/mol. The van der Waals surface area contributed by atoms with Gasteiger partial charge in [-0.15, -0.1) is 0 Å². The summed E-state index contributed by atoms with van der Waals surface area (Å²) in [6.07, 6.45) is 1.24. The molecule has 5 heteroatoms. The van der Waals surface area contributed by atoms with E-state index >= 15 is 0 Å². The van der Waals surface area contributed by atoms with Crippen LogP contribution in [0.4, 0.5) is 4.39 Å². The van der Waals surface area contributed by atoms with Crippen molar-refractivity contribution in [2.45, 2.75) is 25.8 Å². The third-order valence-corrected chi connectivity index (χ3v) is 4.88. The number of hydrogen-bond donors (Lipinski definition) is 1. The number of nitrogens with one attached hydrogen (secondary N) is 1. The Morgan fingerprint density at radius 1 is 1.08 bits per heavy atom. The van der Waals surface area contributed by atoms with Crippen molar-refractivity contribution in [1.82, 2.24) is 10.2 Å². The van der Waals surface area contributed by atoms with Crippen LogP contribution in [0.3, 0.4) is 0 Å². The molecule has 0 saturated carbocycles. The van der Waals surface area contributed by atoms with E-state index in [4.69, 9.17) is 0 Å². The van der Waals surface area contributed by atoms with Gasteiger partial charge < -0.3 is 10.2 Å². The summed E-state index contributed by atoms with van der Waals surface area (Å²) in [5.74, 6) is -0.669. The molecule has 1 fully saturated rings. The van der Waals surface area contributed by atoms with Gasteiger partial charge in [0.1, 0.15) is 5.82 Å².